The SMILES string of the molecule is Cc1c(-c2cc3cc(/N=C(N)/C=C4/CCN(C5CCNCC5)C(=O)CN4)ncc3cc2F)cnc2c1[N-]CCO2. The summed E-state index contributed by atoms with van der Waals surface area (Å²) in [5.41, 5.74) is 9.69. The van der Waals surface area contributed by atoms with Crippen molar-refractivity contribution < 1.29 is 13.9 Å². The molecule has 6 rings (SSSR count). The molecule has 1 amide bonds. The van der Waals surface area contributed by atoms with Crippen molar-refractivity contribution >= 4 is 34.0 Å². The number of piperidine rings is 1. The first-order valence-electron chi connectivity index (χ1n) is 13.6. The Hall–Kier alpha value is -4.25. The van der Waals surface area contributed by atoms with E-state index in [2.05, 4.69) is 30.9 Å². The van der Waals surface area contributed by atoms with Crippen LogP contribution in [0.2, 0.25) is 0 Å². The van der Waals surface area contributed by atoms with Gasteiger partial charge in [0.1, 0.15) is 11.7 Å². The van der Waals surface area contributed by atoms with E-state index in [-0.39, 0.29) is 30.1 Å². The molecule has 2 fully saturated rings. The second-order valence-corrected chi connectivity index (χ2v) is 10.3. The second kappa shape index (κ2) is 11.1. The van der Waals surface area contributed by atoms with Crippen molar-refractivity contribution in [1.82, 2.24) is 25.5 Å². The maximum absolute atomic E-state index is 15.2. The van der Waals surface area contributed by atoms with E-state index in [9.17, 15) is 4.79 Å². The van der Waals surface area contributed by atoms with Crippen molar-refractivity contribution in [2.24, 2.45) is 10.7 Å². The smallest absolute Gasteiger partial charge is 0.242 e. The van der Waals surface area contributed by atoms with Crippen LogP contribution in [-0.2, 0) is 4.79 Å². The molecule has 3 aromatic rings. The molecule has 0 bridgehead atoms. The van der Waals surface area contributed by atoms with Gasteiger partial charge in [-0.2, -0.15) is 0 Å². The van der Waals surface area contributed by atoms with E-state index in [0.717, 1.165) is 42.6 Å². The van der Waals surface area contributed by atoms with Crippen molar-refractivity contribution in [2.75, 3.05) is 39.3 Å². The number of hydrogen-bond donors (Lipinski definition) is 3. The van der Waals surface area contributed by atoms with Crippen molar-refractivity contribution in [3.8, 4) is 17.0 Å². The fraction of sp³-hybridized carbons (Fsp3) is 0.379. The van der Waals surface area contributed by atoms with Crippen molar-refractivity contribution in [1.29, 1.82) is 0 Å². The number of fused-ring (bicyclic) bond motifs is 2. The highest BCUT2D eigenvalue weighted by Gasteiger charge is 2.27. The largest absolute Gasteiger partial charge is 0.677 e. The van der Waals surface area contributed by atoms with Crippen molar-refractivity contribution in [2.45, 2.75) is 32.2 Å². The fourth-order valence-electron chi connectivity index (χ4n) is 5.57. The highest BCUT2D eigenvalue weighted by molar-refractivity contribution is 5.95. The summed E-state index contributed by atoms with van der Waals surface area (Å²) in [4.78, 5) is 27.9. The molecule has 3 aliphatic heterocycles. The van der Waals surface area contributed by atoms with Gasteiger partial charge in [-0.25, -0.2) is 19.4 Å². The van der Waals surface area contributed by atoms with Gasteiger partial charge in [0, 0.05) is 53.6 Å². The number of aliphatic imine (C=N–C) groups is 1. The molecular weight excluding hydrogens is 511 g/mol. The molecule has 0 radical (unpaired) electrons. The van der Waals surface area contributed by atoms with E-state index in [1.54, 1.807) is 30.6 Å². The Morgan fingerprint density at radius 3 is 2.90 bits per heavy atom. The van der Waals surface area contributed by atoms with E-state index in [4.69, 9.17) is 10.5 Å². The van der Waals surface area contributed by atoms with Crippen LogP contribution in [0.4, 0.5) is 15.9 Å². The first-order valence-corrected chi connectivity index (χ1v) is 13.6. The molecule has 2 saturated heterocycles. The lowest BCUT2D eigenvalue weighted by atomic mass is 9.98. The summed E-state index contributed by atoms with van der Waals surface area (Å²) in [6, 6.07) is 5.29. The second-order valence-electron chi connectivity index (χ2n) is 10.3. The molecule has 3 aliphatic rings. The molecule has 40 heavy (non-hydrogen) atoms. The Morgan fingerprint density at radius 1 is 1.20 bits per heavy atom. The molecule has 0 aliphatic carbocycles. The van der Waals surface area contributed by atoms with E-state index >= 15 is 4.39 Å². The van der Waals surface area contributed by atoms with Gasteiger partial charge in [-0.05, 0) is 62.5 Å². The van der Waals surface area contributed by atoms with Crippen LogP contribution in [0.5, 0.6) is 5.88 Å². The Labute approximate surface area is 231 Å². The number of halogens is 1. The fourth-order valence-corrected chi connectivity index (χ4v) is 5.57. The predicted molar refractivity (Wildman–Crippen MR) is 153 cm³/mol. The van der Waals surface area contributed by atoms with Gasteiger partial charge in [0.05, 0.1) is 13.2 Å². The summed E-state index contributed by atoms with van der Waals surface area (Å²) in [7, 11) is 0. The number of benzene rings is 1. The minimum Gasteiger partial charge on any atom is -0.677 e. The molecule has 4 N–H and O–H groups in total. The van der Waals surface area contributed by atoms with Gasteiger partial charge < -0.3 is 31.3 Å². The van der Waals surface area contributed by atoms with Crippen LogP contribution >= 0.6 is 0 Å². The zero-order valence-electron chi connectivity index (χ0n) is 22.4. The van der Waals surface area contributed by atoms with E-state index < -0.39 is 0 Å². The van der Waals surface area contributed by atoms with Gasteiger partial charge in [-0.1, -0.05) is 17.8 Å². The maximum atomic E-state index is 15.2. The van der Waals surface area contributed by atoms with Crippen molar-refractivity contribution in [3.05, 3.63) is 59.1 Å². The molecular formula is C29H32FN8O2-. The molecule has 1 aromatic carbocycles. The van der Waals surface area contributed by atoms with E-state index in [1.165, 1.54) is 6.07 Å². The quantitative estimate of drug-likeness (QED) is 0.338. The van der Waals surface area contributed by atoms with Crippen LogP contribution < -0.4 is 21.1 Å². The summed E-state index contributed by atoms with van der Waals surface area (Å²) >= 11 is 0. The number of pyridine rings is 2. The first-order chi connectivity index (χ1) is 19.5. The van der Waals surface area contributed by atoms with Gasteiger partial charge in [0.15, 0.2) is 11.7 Å². The highest BCUT2D eigenvalue weighted by Crippen LogP contribution is 2.41. The Morgan fingerprint density at radius 2 is 2.05 bits per heavy atom. The van der Waals surface area contributed by atoms with Gasteiger partial charge in [-0.15, -0.1) is 0 Å². The average molecular weight is 544 g/mol. The normalized spacial score (nSPS) is 19.6. The number of carbonyl (C=O) groups is 1. The number of hydrogen-bond acceptors (Lipinski definition) is 7. The molecule has 208 valence electrons. The number of nitrogens with one attached hydrogen (secondary N) is 2. The van der Waals surface area contributed by atoms with Crippen molar-refractivity contribution in [3.63, 3.8) is 0 Å². The Bertz CT molecular complexity index is 1520. The molecule has 5 heterocycles. The number of carbonyl (C=O) groups excluding carboxylic acids is 1. The third-order valence-corrected chi connectivity index (χ3v) is 7.68. The Kier molecular flexibility index (Phi) is 7.21. The van der Waals surface area contributed by atoms with Crippen LogP contribution in [0, 0.1) is 12.7 Å². The highest BCUT2D eigenvalue weighted by atomic mass is 19.1. The minimum absolute atomic E-state index is 0.107. The van der Waals surface area contributed by atoms with Crippen LogP contribution in [0.15, 0.2) is 47.4 Å². The van der Waals surface area contributed by atoms with E-state index in [1.807, 2.05) is 11.8 Å². The molecule has 0 unspecified atom stereocenters. The van der Waals surface area contributed by atoms with Gasteiger partial charge >= 0.3 is 0 Å². The number of nitrogens with zero attached hydrogens (tertiary/aromatic N) is 5. The topological polar surface area (TPSA) is 132 Å². The lowest BCUT2D eigenvalue weighted by Crippen LogP contribution is -2.47. The summed E-state index contributed by atoms with van der Waals surface area (Å²) in [5.74, 6) is 0.894. The minimum atomic E-state index is -0.371. The maximum Gasteiger partial charge on any atom is 0.242 e. The summed E-state index contributed by atoms with van der Waals surface area (Å²) in [5, 5.41) is 12.5. The standard InChI is InChI=1S/C29H32FN8O2/c1-17-23(15-36-29-28(17)33-7-9-40-29)22-10-18-12-26(35-14-19(18)11-24(22)30)37-25(31)13-20-4-8-38(27(39)16-34-20)21-2-5-32-6-3-21/h10-15,21,32H,2-9,16H2,1H3,(H3,31,34,35,37)/q-1. The number of amides is 1. The molecule has 11 heteroatoms. The molecule has 10 nitrogen and oxygen atoms in total. The molecule has 0 spiro atoms. The molecule has 2 aromatic heterocycles. The molecule has 0 atom stereocenters. The summed E-state index contributed by atoms with van der Waals surface area (Å²) in [6.07, 6.45) is 7.59. The summed E-state index contributed by atoms with van der Waals surface area (Å²) in [6.45, 7) is 5.69. The lowest BCUT2D eigenvalue weighted by Gasteiger charge is -2.33. The Balaban J connectivity index is 1.24. The van der Waals surface area contributed by atoms with Gasteiger partial charge in [0.2, 0.25) is 5.91 Å². The van der Waals surface area contributed by atoms with Crippen LogP contribution in [0.3, 0.4) is 0 Å². The average Bonchev–Trinajstić information content (AvgIpc) is 3.15. The third kappa shape index (κ3) is 5.29. The summed E-state index contributed by atoms with van der Waals surface area (Å²) < 4.78 is 20.8. The van der Waals surface area contributed by atoms with Crippen LogP contribution in [-0.4, -0.2) is 72.0 Å². The van der Waals surface area contributed by atoms with Gasteiger partial charge in [-0.3, -0.25) is 4.79 Å². The number of nitrogens with two attached hydrogens (primary N) is 1. The predicted octanol–water partition coefficient (Wildman–Crippen LogP) is 3.59. The zero-order chi connectivity index (χ0) is 27.6. The third-order valence-electron chi connectivity index (χ3n) is 7.68. The number of amidine groups is 1. The van der Waals surface area contributed by atoms with Gasteiger partial charge in [0.25, 0.3) is 0 Å². The number of aromatic nitrogens is 2. The zero-order valence-corrected chi connectivity index (χ0v) is 22.4. The van der Waals surface area contributed by atoms with Crippen LogP contribution in [0.1, 0.15) is 24.8 Å². The molecule has 0 saturated carbocycles. The van der Waals surface area contributed by atoms with Crippen LogP contribution in [0.25, 0.3) is 27.2 Å². The number of ether oxygens (including phenoxy) is 1. The number of rotatable bonds is 4. The monoisotopic (exact) mass is 543 g/mol. The lowest BCUT2D eigenvalue weighted by molar-refractivity contribution is -0.132. The first kappa shape index (κ1) is 26.0. The van der Waals surface area contributed by atoms with E-state index in [0.29, 0.717) is 60.0 Å².